The van der Waals surface area contributed by atoms with Gasteiger partial charge in [-0.25, -0.2) is 8.42 Å². The summed E-state index contributed by atoms with van der Waals surface area (Å²) < 4.78 is 79.4. The average molecular weight is 187 g/mol. The van der Waals surface area contributed by atoms with E-state index in [1.54, 1.807) is 0 Å². The van der Waals surface area contributed by atoms with E-state index in [2.05, 4.69) is 0 Å². The lowest BCUT2D eigenvalue weighted by atomic mass is 10.5. The fourth-order valence-corrected chi connectivity index (χ4v) is 0.498. The smallest absolute Gasteiger partial charge is 0.216 e. The summed E-state index contributed by atoms with van der Waals surface area (Å²) in [6, 6.07) is 0. The van der Waals surface area contributed by atoms with Crippen LogP contribution in [-0.2, 0) is 14.9 Å². The molecule has 0 aliphatic carbocycles. The van der Waals surface area contributed by atoms with E-state index in [9.17, 15) is 17.8 Å². The predicted molar refractivity (Wildman–Crippen MR) is 37.9 cm³/mol. The highest BCUT2D eigenvalue weighted by Crippen LogP contribution is 1.85. The average Bonchev–Trinajstić information content (AvgIpc) is 1.95. The molecule has 0 heterocycles. The van der Waals surface area contributed by atoms with E-state index in [1.165, 1.54) is 5.32 Å². The fraction of sp³-hybridized carbons (Fsp3) is 0.800. The Morgan fingerprint density at radius 1 is 1.82 bits per heavy atom. The summed E-state index contributed by atoms with van der Waals surface area (Å²) in [6.07, 6.45) is -1.52. The van der Waals surface area contributed by atoms with Gasteiger partial charge in [0.15, 0.2) is 0 Å². The Morgan fingerprint density at radius 3 is 2.91 bits per heavy atom. The van der Waals surface area contributed by atoms with Gasteiger partial charge in [0.1, 0.15) is 0 Å². The molecule has 0 spiro atoms. The number of nitrogens with one attached hydrogen (secondary N) is 1. The molecule has 0 rings (SSSR count). The van der Waals surface area contributed by atoms with Crippen molar-refractivity contribution in [2.24, 2.45) is 0 Å². The van der Waals surface area contributed by atoms with E-state index in [-0.39, 0.29) is 0 Å². The van der Waals surface area contributed by atoms with E-state index >= 15 is 0 Å². The van der Waals surface area contributed by atoms with Crippen molar-refractivity contribution in [3.63, 3.8) is 0 Å². The van der Waals surface area contributed by atoms with Crippen molar-refractivity contribution in [1.82, 2.24) is 5.32 Å². The van der Waals surface area contributed by atoms with Crippen molar-refractivity contribution in [3.05, 3.63) is 0 Å². The predicted octanol–water partition coefficient (Wildman–Crippen LogP) is -0.942. The lowest BCUT2D eigenvalue weighted by Crippen LogP contribution is -2.22. The maximum atomic E-state index is 11.0. The second kappa shape index (κ2) is 4.30. The SMILES string of the molecule is [2H]C([2H])(CC([2H])([2H])S(=O)(=O)[O-])NC(=O)C([2H])([2H])[2H]. The van der Waals surface area contributed by atoms with Crippen LogP contribution in [0.5, 0.6) is 0 Å². The van der Waals surface area contributed by atoms with Crippen molar-refractivity contribution < 1.29 is 27.4 Å². The number of hydrogen-bond acceptors (Lipinski definition) is 4. The molecule has 1 amide bonds. The molecule has 0 aromatic carbocycles. The van der Waals surface area contributed by atoms with Crippen molar-refractivity contribution >= 4 is 16.0 Å². The molecule has 0 radical (unpaired) electrons. The first kappa shape index (κ1) is 3.40. The highest BCUT2D eigenvalue weighted by Gasteiger charge is 1.95. The third-order valence-electron chi connectivity index (χ3n) is 0.539. The van der Waals surface area contributed by atoms with Crippen LogP contribution in [0.4, 0.5) is 0 Å². The minimum Gasteiger partial charge on any atom is -0.748 e. The van der Waals surface area contributed by atoms with E-state index in [4.69, 9.17) is 9.60 Å². The van der Waals surface area contributed by atoms with Crippen LogP contribution in [0.25, 0.3) is 0 Å². The molecular formula is C5H10NO4S-. The Bertz CT molecular complexity index is 428. The molecule has 0 aliphatic heterocycles. The van der Waals surface area contributed by atoms with Gasteiger partial charge in [0.05, 0.1) is 10.1 Å². The molecular weight excluding hydrogens is 170 g/mol. The van der Waals surface area contributed by atoms with Gasteiger partial charge in [-0.05, 0) is 6.42 Å². The van der Waals surface area contributed by atoms with Crippen LogP contribution < -0.4 is 5.32 Å². The monoisotopic (exact) mass is 187 g/mol. The Balaban J connectivity index is 4.95. The number of rotatable bonds is 4. The van der Waals surface area contributed by atoms with Crippen molar-refractivity contribution in [2.45, 2.75) is 13.3 Å². The summed E-state index contributed by atoms with van der Waals surface area (Å²) in [5.74, 6) is -1.72. The third-order valence-corrected chi connectivity index (χ3v) is 1.04. The first-order chi connectivity index (χ1) is 7.58. The lowest BCUT2D eigenvalue weighted by Gasteiger charge is -2.05. The summed E-state index contributed by atoms with van der Waals surface area (Å²) in [5.41, 5.74) is -3.47. The summed E-state index contributed by atoms with van der Waals surface area (Å²) in [6.45, 7) is -6.16. The molecule has 66 valence electrons. The van der Waals surface area contributed by atoms with Crippen LogP contribution in [0.2, 0.25) is 0 Å². The quantitative estimate of drug-likeness (QED) is 0.575. The summed E-state index contributed by atoms with van der Waals surface area (Å²) in [4.78, 5) is 11.0. The molecule has 0 unspecified atom stereocenters. The van der Waals surface area contributed by atoms with Crippen LogP contribution in [-0.4, -0.2) is 31.1 Å². The van der Waals surface area contributed by atoms with Crippen LogP contribution >= 0.6 is 0 Å². The summed E-state index contributed by atoms with van der Waals surface area (Å²) in [5, 5.41) is 1.31. The van der Waals surface area contributed by atoms with Crippen molar-refractivity contribution in [2.75, 3.05) is 12.2 Å². The summed E-state index contributed by atoms with van der Waals surface area (Å²) >= 11 is 0. The van der Waals surface area contributed by atoms with Crippen molar-refractivity contribution in [1.29, 1.82) is 0 Å². The first-order valence-corrected chi connectivity index (χ1v) is 3.77. The largest absolute Gasteiger partial charge is 0.748 e. The van der Waals surface area contributed by atoms with Gasteiger partial charge in [0.25, 0.3) is 0 Å². The summed E-state index contributed by atoms with van der Waals surface area (Å²) in [7, 11) is -5.46. The highest BCUT2D eigenvalue weighted by atomic mass is 32.2. The van der Waals surface area contributed by atoms with Crippen LogP contribution in [0, 0.1) is 0 Å². The standard InChI is InChI=1S/C5H11NO4S/c1-5(7)6-3-2-4-11(8,9)10/h2-4H2,1H3,(H,6,7)(H,8,9,10)/p-1/i1D3,3D2,4D2. The van der Waals surface area contributed by atoms with Gasteiger partial charge in [-0.15, -0.1) is 0 Å². The molecule has 11 heavy (non-hydrogen) atoms. The van der Waals surface area contributed by atoms with Crippen molar-refractivity contribution in [3.8, 4) is 0 Å². The van der Waals surface area contributed by atoms with Crippen LogP contribution in [0.15, 0.2) is 0 Å². The molecule has 0 saturated heterocycles. The minimum atomic E-state index is -5.46. The van der Waals surface area contributed by atoms with E-state index in [0.717, 1.165) is 0 Å². The second-order valence-corrected chi connectivity index (χ2v) is 2.60. The fourth-order valence-electron chi connectivity index (χ4n) is 0.249. The van der Waals surface area contributed by atoms with Gasteiger partial charge in [0, 0.05) is 28.6 Å². The highest BCUT2D eigenvalue weighted by molar-refractivity contribution is 7.85. The number of carbonyl (C=O) groups excluding carboxylic acids is 1. The zero-order valence-corrected chi connectivity index (χ0v) is 6.06. The second-order valence-electron chi connectivity index (χ2n) is 1.41. The maximum absolute atomic E-state index is 11.0. The van der Waals surface area contributed by atoms with E-state index in [1.807, 2.05) is 0 Å². The lowest BCUT2D eigenvalue weighted by molar-refractivity contribution is -0.118. The van der Waals surface area contributed by atoms with Gasteiger partial charge in [0.2, 0.25) is 5.91 Å². The minimum absolute atomic E-state index is 1.31. The molecule has 0 fully saturated rings. The van der Waals surface area contributed by atoms with Gasteiger partial charge < -0.3 is 9.87 Å². The molecule has 0 aromatic heterocycles. The maximum Gasteiger partial charge on any atom is 0.216 e. The van der Waals surface area contributed by atoms with E-state index in [0.29, 0.717) is 0 Å². The first-order valence-electron chi connectivity index (χ1n) is 5.87. The van der Waals surface area contributed by atoms with Gasteiger partial charge in [-0.2, -0.15) is 0 Å². The van der Waals surface area contributed by atoms with Crippen LogP contribution in [0.3, 0.4) is 0 Å². The van der Waals surface area contributed by atoms with Crippen LogP contribution in [0.1, 0.15) is 22.9 Å². The molecule has 6 heteroatoms. The topological polar surface area (TPSA) is 86.3 Å². The zero-order chi connectivity index (χ0) is 15.0. The Morgan fingerprint density at radius 2 is 2.45 bits per heavy atom. The zero-order valence-electron chi connectivity index (χ0n) is 12.2. The third kappa shape index (κ3) is 9.38. The molecule has 0 aromatic rings. The number of carbonyl (C=O) groups is 1. The molecule has 0 aliphatic rings. The molecule has 5 nitrogen and oxygen atoms in total. The van der Waals surface area contributed by atoms with Gasteiger partial charge in [-0.3, -0.25) is 4.79 Å². The Hall–Kier alpha value is -0.620. The van der Waals surface area contributed by atoms with E-state index < -0.39 is 41.5 Å². The Kier molecular flexibility index (Phi) is 1.33. The van der Waals surface area contributed by atoms with Gasteiger partial charge >= 0.3 is 0 Å². The molecule has 1 N–H and O–H groups in total. The van der Waals surface area contributed by atoms with Gasteiger partial charge in [-0.1, -0.05) is 0 Å². The molecule has 0 saturated carbocycles. The molecule has 0 bridgehead atoms. The Labute approximate surface area is 75.4 Å². The number of hydrogen-bond donors (Lipinski definition) is 1. The normalized spacial score (nSPS) is 24.3. The number of amides is 1. The molecule has 0 atom stereocenters.